The topological polar surface area (TPSA) is 121 Å². The molecule has 0 aliphatic carbocycles. The van der Waals surface area contributed by atoms with Crippen LogP contribution in [-0.2, 0) is 19.1 Å². The first-order chi connectivity index (χ1) is 7.83. The van der Waals surface area contributed by atoms with Crippen LogP contribution in [0.5, 0.6) is 0 Å². The van der Waals surface area contributed by atoms with Crippen molar-refractivity contribution in [2.45, 2.75) is 45.8 Å². The smallest absolute Gasteiger partial charge is 0.307 e. The first-order valence-electron chi connectivity index (χ1n) is 5.14. The maximum atomic E-state index is 10.4. The van der Waals surface area contributed by atoms with E-state index in [1.54, 1.807) is 13.8 Å². The van der Waals surface area contributed by atoms with Crippen LogP contribution in [0.3, 0.4) is 0 Å². The molecule has 7 heteroatoms. The molecule has 0 aliphatic heterocycles. The van der Waals surface area contributed by atoms with Crippen molar-refractivity contribution < 1.29 is 34.4 Å². The highest BCUT2D eigenvalue weighted by Gasteiger charge is 2.04. The zero-order valence-electron chi connectivity index (χ0n) is 9.88. The summed E-state index contributed by atoms with van der Waals surface area (Å²) >= 11 is 0. The normalized spacial score (nSPS) is 10.8. The molecule has 1 unspecified atom stereocenters. The molecule has 100 valence electrons. The minimum Gasteiger partial charge on any atom is -0.481 e. The predicted octanol–water partition coefficient (Wildman–Crippen LogP) is 0.604. The molecule has 0 heterocycles. The molecule has 0 saturated carbocycles. The highest BCUT2D eigenvalue weighted by Crippen LogP contribution is 1.94. The molecular weight excluding hydrogens is 232 g/mol. The minimum absolute atomic E-state index is 0.296. The van der Waals surface area contributed by atoms with Crippen LogP contribution in [-0.4, -0.2) is 39.5 Å². The second-order valence-corrected chi connectivity index (χ2v) is 2.99. The van der Waals surface area contributed by atoms with Gasteiger partial charge in [-0.05, 0) is 0 Å². The van der Waals surface area contributed by atoms with Crippen molar-refractivity contribution >= 4 is 17.9 Å². The van der Waals surface area contributed by atoms with Crippen LogP contribution in [0.4, 0.5) is 0 Å². The Labute approximate surface area is 99.0 Å². The fraction of sp³-hybridized carbons (Fsp3) is 0.700. The number of aliphatic hydroxyl groups excluding tert-OH is 1. The third kappa shape index (κ3) is 17.0. The third-order valence-electron chi connectivity index (χ3n) is 1.46. The monoisotopic (exact) mass is 250 g/mol. The van der Waals surface area contributed by atoms with Crippen molar-refractivity contribution in [1.29, 1.82) is 0 Å². The van der Waals surface area contributed by atoms with E-state index in [9.17, 15) is 14.4 Å². The van der Waals surface area contributed by atoms with Gasteiger partial charge < -0.3 is 20.1 Å². The SMILES string of the molecule is CCC(=O)OC(O)CC.O=C(O)CCC(=O)O. The van der Waals surface area contributed by atoms with Gasteiger partial charge in [0.25, 0.3) is 0 Å². The lowest BCUT2D eigenvalue weighted by Gasteiger charge is -2.07. The molecule has 0 aromatic rings. The Morgan fingerprint density at radius 3 is 1.71 bits per heavy atom. The summed E-state index contributed by atoms with van der Waals surface area (Å²) in [5.74, 6) is -2.51. The predicted molar refractivity (Wildman–Crippen MR) is 57.2 cm³/mol. The molecule has 0 bridgehead atoms. The Balaban J connectivity index is 0. The molecule has 0 spiro atoms. The van der Waals surface area contributed by atoms with Crippen LogP contribution in [0.25, 0.3) is 0 Å². The van der Waals surface area contributed by atoms with Crippen LogP contribution < -0.4 is 0 Å². The number of hydrogen-bond acceptors (Lipinski definition) is 5. The van der Waals surface area contributed by atoms with E-state index < -0.39 is 18.2 Å². The van der Waals surface area contributed by atoms with Gasteiger partial charge in [0.05, 0.1) is 12.8 Å². The van der Waals surface area contributed by atoms with Crippen LogP contribution in [0.15, 0.2) is 0 Å². The lowest BCUT2D eigenvalue weighted by Crippen LogP contribution is -2.15. The largest absolute Gasteiger partial charge is 0.481 e. The average Bonchev–Trinajstić information content (AvgIpc) is 2.26. The van der Waals surface area contributed by atoms with Gasteiger partial charge in [0.1, 0.15) is 0 Å². The molecule has 0 aromatic carbocycles. The molecule has 0 aliphatic rings. The zero-order valence-corrected chi connectivity index (χ0v) is 9.88. The second-order valence-electron chi connectivity index (χ2n) is 2.99. The van der Waals surface area contributed by atoms with Crippen LogP contribution in [0.1, 0.15) is 39.5 Å². The first-order valence-corrected chi connectivity index (χ1v) is 5.14. The summed E-state index contributed by atoms with van der Waals surface area (Å²) in [6.07, 6.45) is -0.745. The summed E-state index contributed by atoms with van der Waals surface area (Å²) in [4.78, 5) is 29.7. The maximum Gasteiger partial charge on any atom is 0.307 e. The molecule has 0 saturated heterocycles. The van der Waals surface area contributed by atoms with Crippen molar-refractivity contribution in [3.63, 3.8) is 0 Å². The number of carbonyl (C=O) groups is 3. The standard InChI is InChI=1S/C6H12O3.C4H6O4/c1-3-5(7)9-6(8)4-2;5-3(6)1-2-4(7)8/h5,7H,3-4H2,1-2H3;1-2H2,(H,5,6)(H,7,8). The van der Waals surface area contributed by atoms with Gasteiger partial charge in [0.2, 0.25) is 0 Å². The number of ether oxygens (including phenoxy) is 1. The van der Waals surface area contributed by atoms with Crippen LogP contribution in [0, 0.1) is 0 Å². The molecule has 0 aromatic heterocycles. The minimum atomic E-state index is -1.08. The van der Waals surface area contributed by atoms with Gasteiger partial charge >= 0.3 is 17.9 Å². The highest BCUT2D eigenvalue weighted by atomic mass is 16.6. The quantitative estimate of drug-likeness (QED) is 0.466. The van der Waals surface area contributed by atoms with E-state index in [2.05, 4.69) is 4.74 Å². The number of hydrogen-bond donors (Lipinski definition) is 3. The number of esters is 1. The van der Waals surface area contributed by atoms with E-state index in [1.165, 1.54) is 0 Å². The van der Waals surface area contributed by atoms with Gasteiger partial charge in [-0.15, -0.1) is 0 Å². The summed E-state index contributed by atoms with van der Waals surface area (Å²) < 4.78 is 4.47. The van der Waals surface area contributed by atoms with E-state index in [0.717, 1.165) is 0 Å². The average molecular weight is 250 g/mol. The van der Waals surface area contributed by atoms with Crippen molar-refractivity contribution in [1.82, 2.24) is 0 Å². The molecule has 0 amide bonds. The Kier molecular flexibility index (Phi) is 11.4. The number of carboxylic acids is 2. The molecule has 17 heavy (non-hydrogen) atoms. The Morgan fingerprint density at radius 1 is 1.06 bits per heavy atom. The lowest BCUT2D eigenvalue weighted by molar-refractivity contribution is -0.167. The summed E-state index contributed by atoms with van der Waals surface area (Å²) in [5, 5.41) is 24.5. The fourth-order valence-corrected chi connectivity index (χ4v) is 0.532. The number of carboxylic acid groups (broad SMARTS) is 2. The van der Waals surface area contributed by atoms with Gasteiger partial charge in [-0.3, -0.25) is 14.4 Å². The summed E-state index contributed by atoms with van der Waals surface area (Å²) in [6.45, 7) is 3.43. The number of rotatable bonds is 6. The Bertz CT molecular complexity index is 235. The molecular formula is C10H18O7. The van der Waals surface area contributed by atoms with Gasteiger partial charge in [0, 0.05) is 12.8 Å². The second kappa shape index (κ2) is 10.9. The van der Waals surface area contributed by atoms with Crippen LogP contribution in [0.2, 0.25) is 0 Å². The molecule has 0 fully saturated rings. The van der Waals surface area contributed by atoms with E-state index in [0.29, 0.717) is 12.8 Å². The van der Waals surface area contributed by atoms with Gasteiger partial charge in [-0.2, -0.15) is 0 Å². The molecule has 1 atom stereocenters. The highest BCUT2D eigenvalue weighted by molar-refractivity contribution is 5.75. The van der Waals surface area contributed by atoms with Gasteiger partial charge in [0.15, 0.2) is 6.29 Å². The van der Waals surface area contributed by atoms with Crippen molar-refractivity contribution in [3.05, 3.63) is 0 Å². The van der Waals surface area contributed by atoms with E-state index >= 15 is 0 Å². The van der Waals surface area contributed by atoms with Crippen molar-refractivity contribution in [2.24, 2.45) is 0 Å². The molecule has 7 nitrogen and oxygen atoms in total. The Morgan fingerprint density at radius 2 is 1.47 bits per heavy atom. The van der Waals surface area contributed by atoms with E-state index in [1.807, 2.05) is 0 Å². The van der Waals surface area contributed by atoms with Crippen LogP contribution >= 0.6 is 0 Å². The summed E-state index contributed by atoms with van der Waals surface area (Å²) in [5.41, 5.74) is 0. The first kappa shape index (κ1) is 17.8. The number of carbonyl (C=O) groups excluding carboxylic acids is 1. The molecule has 0 rings (SSSR count). The van der Waals surface area contributed by atoms with Crippen molar-refractivity contribution in [3.8, 4) is 0 Å². The fourth-order valence-electron chi connectivity index (χ4n) is 0.532. The maximum absolute atomic E-state index is 10.4. The summed E-state index contributed by atoms with van der Waals surface area (Å²) in [6, 6.07) is 0. The van der Waals surface area contributed by atoms with E-state index in [-0.39, 0.29) is 18.8 Å². The van der Waals surface area contributed by atoms with Crippen molar-refractivity contribution in [2.75, 3.05) is 0 Å². The molecule has 3 N–H and O–H groups in total. The zero-order chi connectivity index (χ0) is 13.8. The lowest BCUT2D eigenvalue weighted by atomic mass is 10.3. The number of aliphatic carboxylic acids is 2. The molecule has 0 radical (unpaired) electrons. The van der Waals surface area contributed by atoms with Gasteiger partial charge in [-0.1, -0.05) is 13.8 Å². The number of aliphatic hydroxyl groups is 1. The van der Waals surface area contributed by atoms with Gasteiger partial charge in [-0.25, -0.2) is 0 Å². The summed E-state index contributed by atoms with van der Waals surface area (Å²) in [7, 11) is 0. The van der Waals surface area contributed by atoms with E-state index in [4.69, 9.17) is 15.3 Å². The Hall–Kier alpha value is -1.63. The third-order valence-corrected chi connectivity index (χ3v) is 1.46.